The number of aromatic carboxylic acids is 1. The zero-order chi connectivity index (χ0) is 21.2. The van der Waals surface area contributed by atoms with E-state index < -0.39 is 11.4 Å². The number of hydrogen-bond acceptors (Lipinski definition) is 5. The van der Waals surface area contributed by atoms with Crippen LogP contribution in [0.25, 0.3) is 21.3 Å². The van der Waals surface area contributed by atoms with Crippen molar-refractivity contribution in [3.8, 4) is 16.2 Å². The van der Waals surface area contributed by atoms with Crippen LogP contribution in [0.5, 0.6) is 5.75 Å². The van der Waals surface area contributed by atoms with E-state index in [0.29, 0.717) is 22.6 Å². The highest BCUT2D eigenvalue weighted by atomic mass is 35.5. The molecule has 2 aliphatic carbocycles. The molecule has 0 spiro atoms. The molecule has 31 heavy (non-hydrogen) atoms. The van der Waals surface area contributed by atoms with Gasteiger partial charge in [0.2, 0.25) is 5.43 Å². The van der Waals surface area contributed by atoms with Crippen molar-refractivity contribution >= 4 is 40.6 Å². The molecule has 3 aromatic rings. The van der Waals surface area contributed by atoms with Crippen molar-refractivity contribution in [2.24, 2.45) is 11.7 Å². The standard InChI is InChI=1S/C23H24N2O4S.ClH/c1-11-3-8-17-15(19(11)24)9-18(30-17)13-6-7-14-20(22(13)29-2)25(12-4-5-12)10-16(21(14)26)23(27)28;/h6-7,9-12,19H,3-5,8,24H2,1-2H3,(H,27,28);1H. The van der Waals surface area contributed by atoms with Crippen LogP contribution in [0.1, 0.15) is 59.1 Å². The lowest BCUT2D eigenvalue weighted by Crippen LogP contribution is -2.23. The van der Waals surface area contributed by atoms with E-state index in [4.69, 9.17) is 10.5 Å². The van der Waals surface area contributed by atoms with Gasteiger partial charge in [-0.05, 0) is 55.4 Å². The third-order valence-electron chi connectivity index (χ3n) is 6.43. The van der Waals surface area contributed by atoms with Crippen LogP contribution >= 0.6 is 23.7 Å². The minimum atomic E-state index is -1.20. The molecule has 0 radical (unpaired) electrons. The molecule has 2 aromatic heterocycles. The minimum absolute atomic E-state index is 0. The van der Waals surface area contributed by atoms with E-state index in [1.807, 2.05) is 10.6 Å². The summed E-state index contributed by atoms with van der Waals surface area (Å²) in [6.45, 7) is 2.19. The van der Waals surface area contributed by atoms with Gasteiger partial charge in [-0.3, -0.25) is 4.79 Å². The first-order valence-corrected chi connectivity index (χ1v) is 11.1. The van der Waals surface area contributed by atoms with Crippen molar-refractivity contribution in [1.29, 1.82) is 0 Å². The number of nitrogens with two attached hydrogens (primary N) is 1. The van der Waals surface area contributed by atoms with Gasteiger partial charge < -0.3 is 20.1 Å². The highest BCUT2D eigenvalue weighted by molar-refractivity contribution is 7.15. The van der Waals surface area contributed by atoms with Gasteiger partial charge in [0.15, 0.2) is 5.75 Å². The fourth-order valence-electron chi connectivity index (χ4n) is 4.51. The van der Waals surface area contributed by atoms with E-state index in [9.17, 15) is 14.7 Å². The fourth-order valence-corrected chi connectivity index (χ4v) is 5.76. The molecule has 1 aromatic carbocycles. The zero-order valence-electron chi connectivity index (χ0n) is 17.4. The Labute approximate surface area is 190 Å². The number of halogens is 1. The largest absolute Gasteiger partial charge is 0.494 e. The quantitative estimate of drug-likeness (QED) is 0.584. The fraction of sp³-hybridized carbons (Fsp3) is 0.391. The van der Waals surface area contributed by atoms with Gasteiger partial charge in [0.25, 0.3) is 0 Å². The summed E-state index contributed by atoms with van der Waals surface area (Å²) in [5.41, 5.74) is 8.58. The average Bonchev–Trinajstić information content (AvgIpc) is 3.48. The average molecular weight is 461 g/mol. The van der Waals surface area contributed by atoms with Crippen LogP contribution in [-0.2, 0) is 6.42 Å². The van der Waals surface area contributed by atoms with Crippen molar-refractivity contribution in [3.05, 3.63) is 50.6 Å². The van der Waals surface area contributed by atoms with Crippen molar-refractivity contribution in [1.82, 2.24) is 4.57 Å². The second-order valence-electron chi connectivity index (χ2n) is 8.39. The number of rotatable bonds is 4. The van der Waals surface area contributed by atoms with Crippen LogP contribution < -0.4 is 15.9 Å². The Bertz CT molecular complexity index is 1240. The van der Waals surface area contributed by atoms with Crippen molar-refractivity contribution < 1.29 is 14.6 Å². The summed E-state index contributed by atoms with van der Waals surface area (Å²) in [5.74, 6) is -0.130. The second kappa shape index (κ2) is 7.97. The maximum absolute atomic E-state index is 12.9. The summed E-state index contributed by atoms with van der Waals surface area (Å²) in [6.07, 6.45) is 5.52. The monoisotopic (exact) mass is 460 g/mol. The number of carbonyl (C=O) groups is 1. The molecule has 8 heteroatoms. The molecule has 6 nitrogen and oxygen atoms in total. The summed E-state index contributed by atoms with van der Waals surface area (Å²) < 4.78 is 7.76. The predicted octanol–water partition coefficient (Wildman–Crippen LogP) is 4.78. The Morgan fingerprint density at radius 3 is 2.68 bits per heavy atom. The van der Waals surface area contributed by atoms with Crippen molar-refractivity contribution in [3.63, 3.8) is 0 Å². The molecular formula is C23H25ClN2O4S. The molecule has 0 bridgehead atoms. The lowest BCUT2D eigenvalue weighted by atomic mass is 9.85. The third kappa shape index (κ3) is 3.45. The molecule has 2 unspecified atom stereocenters. The van der Waals surface area contributed by atoms with Crippen molar-refractivity contribution in [2.75, 3.05) is 7.11 Å². The molecule has 5 rings (SSSR count). The summed E-state index contributed by atoms with van der Waals surface area (Å²) in [6, 6.07) is 6.00. The first-order chi connectivity index (χ1) is 14.4. The number of carboxylic acid groups (broad SMARTS) is 1. The van der Waals surface area contributed by atoms with Crippen LogP contribution in [0.4, 0.5) is 0 Å². The Kier molecular flexibility index (Phi) is 5.62. The van der Waals surface area contributed by atoms with Crippen LogP contribution in [0, 0.1) is 5.92 Å². The topological polar surface area (TPSA) is 94.6 Å². The van der Waals surface area contributed by atoms with Crippen LogP contribution in [-0.4, -0.2) is 22.8 Å². The number of benzene rings is 1. The van der Waals surface area contributed by atoms with Gasteiger partial charge in [0.05, 0.1) is 18.0 Å². The molecule has 2 heterocycles. The number of ether oxygens (including phenoxy) is 1. The summed E-state index contributed by atoms with van der Waals surface area (Å²) in [5, 5.41) is 9.88. The molecule has 164 valence electrons. The number of pyridine rings is 1. The lowest BCUT2D eigenvalue weighted by Gasteiger charge is -2.25. The number of aryl methyl sites for hydroxylation is 1. The SMILES string of the molecule is COc1c(-c2cc3c(s2)CCC(C)C3N)ccc2c(=O)c(C(=O)O)cn(C3CC3)c12.Cl. The molecular weight excluding hydrogens is 436 g/mol. The van der Waals surface area contributed by atoms with Gasteiger partial charge in [-0.25, -0.2) is 4.79 Å². The summed E-state index contributed by atoms with van der Waals surface area (Å²) in [7, 11) is 1.60. The maximum atomic E-state index is 12.9. The van der Waals surface area contributed by atoms with Gasteiger partial charge in [-0.2, -0.15) is 0 Å². The molecule has 0 amide bonds. The maximum Gasteiger partial charge on any atom is 0.341 e. The van der Waals surface area contributed by atoms with Crippen LogP contribution in [0.3, 0.4) is 0 Å². The van der Waals surface area contributed by atoms with Crippen LogP contribution in [0.2, 0.25) is 0 Å². The summed E-state index contributed by atoms with van der Waals surface area (Å²) >= 11 is 1.73. The smallest absolute Gasteiger partial charge is 0.341 e. The number of fused-ring (bicyclic) bond motifs is 2. The minimum Gasteiger partial charge on any atom is -0.494 e. The molecule has 1 fully saturated rings. The van der Waals surface area contributed by atoms with Crippen molar-refractivity contribution in [2.45, 2.75) is 44.7 Å². The molecule has 2 aliphatic rings. The van der Waals surface area contributed by atoms with E-state index in [2.05, 4.69) is 13.0 Å². The normalized spacial score (nSPS) is 20.2. The number of carboxylic acids is 1. The van der Waals surface area contributed by atoms with E-state index >= 15 is 0 Å². The molecule has 0 aliphatic heterocycles. The number of thiophene rings is 1. The molecule has 2 atom stereocenters. The van der Waals surface area contributed by atoms with Gasteiger partial charge in [0, 0.05) is 33.6 Å². The van der Waals surface area contributed by atoms with E-state index in [1.165, 1.54) is 16.6 Å². The third-order valence-corrected chi connectivity index (χ3v) is 7.67. The number of methoxy groups -OCH3 is 1. The molecule has 0 saturated heterocycles. The Morgan fingerprint density at radius 2 is 2.03 bits per heavy atom. The number of aromatic nitrogens is 1. The number of nitrogens with zero attached hydrogens (tertiary/aromatic N) is 1. The number of hydrogen-bond donors (Lipinski definition) is 2. The van der Waals surface area contributed by atoms with Gasteiger partial charge >= 0.3 is 5.97 Å². The van der Waals surface area contributed by atoms with Gasteiger partial charge in [-0.1, -0.05) is 6.92 Å². The van der Waals surface area contributed by atoms with E-state index in [1.54, 1.807) is 24.5 Å². The second-order valence-corrected chi connectivity index (χ2v) is 9.53. The first-order valence-electron chi connectivity index (χ1n) is 10.3. The predicted molar refractivity (Wildman–Crippen MR) is 125 cm³/mol. The Balaban J connectivity index is 0.00000231. The first kappa shape index (κ1) is 21.9. The molecule has 1 saturated carbocycles. The van der Waals surface area contributed by atoms with Gasteiger partial charge in [0.1, 0.15) is 5.56 Å². The highest BCUT2D eigenvalue weighted by Gasteiger charge is 2.30. The Hall–Kier alpha value is -2.35. The lowest BCUT2D eigenvalue weighted by molar-refractivity contribution is 0.0695. The summed E-state index contributed by atoms with van der Waals surface area (Å²) in [4.78, 5) is 26.9. The van der Waals surface area contributed by atoms with E-state index in [-0.39, 0.29) is 30.1 Å². The van der Waals surface area contributed by atoms with Crippen LogP contribution in [0.15, 0.2) is 29.2 Å². The van der Waals surface area contributed by atoms with E-state index in [0.717, 1.165) is 36.1 Å². The zero-order valence-corrected chi connectivity index (χ0v) is 19.0. The Morgan fingerprint density at radius 1 is 1.29 bits per heavy atom. The van der Waals surface area contributed by atoms with Gasteiger partial charge in [-0.15, -0.1) is 23.7 Å². The highest BCUT2D eigenvalue weighted by Crippen LogP contribution is 2.46. The molecule has 3 N–H and O–H groups in total.